The molecule has 37 heavy (non-hydrogen) atoms. The molecule has 3 N–H and O–H groups in total. The van der Waals surface area contributed by atoms with Crippen molar-refractivity contribution in [2.24, 2.45) is 5.92 Å². The number of rotatable bonds is 6. The maximum atomic E-state index is 15.2. The van der Waals surface area contributed by atoms with E-state index in [0.29, 0.717) is 18.4 Å². The number of carboxylic acid groups (broad SMARTS) is 1. The number of nitrogens with one attached hydrogen (secondary N) is 1. The minimum Gasteiger partial charge on any atom is -0.465 e. The Hall–Kier alpha value is -3.33. The van der Waals surface area contributed by atoms with Crippen LogP contribution in [0.3, 0.4) is 0 Å². The van der Waals surface area contributed by atoms with Crippen LogP contribution >= 0.6 is 12.2 Å². The minimum absolute atomic E-state index is 0.0344. The highest BCUT2D eigenvalue weighted by atomic mass is 32.1. The maximum absolute atomic E-state index is 15.2. The van der Waals surface area contributed by atoms with E-state index in [-0.39, 0.29) is 30.3 Å². The molecule has 0 aromatic heterocycles. The second-order valence-electron chi connectivity index (χ2n) is 9.68. The summed E-state index contributed by atoms with van der Waals surface area (Å²) < 4.78 is 20.7. The van der Waals surface area contributed by atoms with Crippen LogP contribution in [0, 0.1) is 11.7 Å². The molecule has 0 radical (unpaired) electrons. The Kier molecular flexibility index (Phi) is 6.98. The number of hydrogen-bond donors (Lipinski definition) is 3. The van der Waals surface area contributed by atoms with Gasteiger partial charge in [-0.25, -0.2) is 9.18 Å². The first-order chi connectivity index (χ1) is 17.9. The van der Waals surface area contributed by atoms with Crippen LogP contribution in [0.2, 0.25) is 0 Å². The summed E-state index contributed by atoms with van der Waals surface area (Å²) in [5, 5.41) is 23.7. The first kappa shape index (κ1) is 25.3. The predicted molar refractivity (Wildman–Crippen MR) is 143 cm³/mol. The monoisotopic (exact) mass is 520 g/mol. The lowest BCUT2D eigenvalue weighted by Gasteiger charge is -2.39. The third-order valence-electron chi connectivity index (χ3n) is 7.84. The summed E-state index contributed by atoms with van der Waals surface area (Å²) in [6.45, 7) is -0.139. The molecule has 1 fully saturated rings. The first-order valence-corrected chi connectivity index (χ1v) is 12.7. The third-order valence-corrected chi connectivity index (χ3v) is 8.16. The van der Waals surface area contributed by atoms with Gasteiger partial charge in [-0.1, -0.05) is 66.7 Å². The van der Waals surface area contributed by atoms with Gasteiger partial charge >= 0.3 is 6.09 Å². The van der Waals surface area contributed by atoms with Gasteiger partial charge in [-0.15, -0.1) is 0 Å². The lowest BCUT2D eigenvalue weighted by Crippen LogP contribution is -2.56. The number of aliphatic hydroxyl groups excluding tert-OH is 1. The molecule has 5 rings (SSSR count). The SMILES string of the molecule is CO[C@H]1C[C@@H](CO)[C@](NC(=S)N(CC2c3ccccc3-c3ccccc32)C(=O)O)(c2ccccc2F)C1. The molecule has 3 aromatic carbocycles. The van der Waals surface area contributed by atoms with Crippen molar-refractivity contribution in [2.75, 3.05) is 20.3 Å². The van der Waals surface area contributed by atoms with Gasteiger partial charge in [0.25, 0.3) is 0 Å². The van der Waals surface area contributed by atoms with Crippen LogP contribution in [-0.4, -0.2) is 52.7 Å². The molecule has 0 bridgehead atoms. The van der Waals surface area contributed by atoms with Crippen molar-refractivity contribution in [3.63, 3.8) is 0 Å². The zero-order chi connectivity index (χ0) is 26.2. The van der Waals surface area contributed by atoms with Crippen LogP contribution in [0.25, 0.3) is 11.1 Å². The molecule has 192 valence electrons. The van der Waals surface area contributed by atoms with E-state index in [1.54, 1.807) is 25.3 Å². The van der Waals surface area contributed by atoms with E-state index in [0.717, 1.165) is 27.2 Å². The molecule has 0 unspecified atom stereocenters. The van der Waals surface area contributed by atoms with Gasteiger partial charge in [-0.2, -0.15) is 0 Å². The minimum atomic E-state index is -1.20. The number of nitrogens with zero attached hydrogens (tertiary/aromatic N) is 1. The van der Waals surface area contributed by atoms with Crippen molar-refractivity contribution in [3.05, 3.63) is 95.3 Å². The molecular formula is C29H29FN2O4S. The van der Waals surface area contributed by atoms with Crippen LogP contribution in [0.4, 0.5) is 9.18 Å². The highest BCUT2D eigenvalue weighted by Crippen LogP contribution is 2.47. The number of carbonyl (C=O) groups is 1. The van der Waals surface area contributed by atoms with Crippen molar-refractivity contribution in [3.8, 4) is 11.1 Å². The van der Waals surface area contributed by atoms with Crippen molar-refractivity contribution < 1.29 is 24.1 Å². The number of halogens is 1. The van der Waals surface area contributed by atoms with Gasteiger partial charge in [-0.05, 0) is 47.0 Å². The lowest BCUT2D eigenvalue weighted by atomic mass is 9.80. The number of thiocarbonyl (C=S) groups is 1. The summed E-state index contributed by atoms with van der Waals surface area (Å²) in [5.74, 6) is -1.10. The van der Waals surface area contributed by atoms with Gasteiger partial charge in [0.05, 0.1) is 11.6 Å². The Morgan fingerprint density at radius 1 is 1.08 bits per heavy atom. The molecule has 1 saturated carbocycles. The summed E-state index contributed by atoms with van der Waals surface area (Å²) in [4.78, 5) is 13.7. The van der Waals surface area contributed by atoms with Crippen molar-refractivity contribution in [2.45, 2.75) is 30.4 Å². The van der Waals surface area contributed by atoms with Crippen molar-refractivity contribution in [1.82, 2.24) is 10.2 Å². The summed E-state index contributed by atoms with van der Waals surface area (Å²) >= 11 is 5.70. The first-order valence-electron chi connectivity index (χ1n) is 12.3. The fraction of sp³-hybridized carbons (Fsp3) is 0.310. The van der Waals surface area contributed by atoms with E-state index in [1.165, 1.54) is 6.07 Å². The molecule has 2 aliphatic carbocycles. The van der Waals surface area contributed by atoms with Gasteiger partial charge in [0, 0.05) is 44.1 Å². The van der Waals surface area contributed by atoms with Gasteiger partial charge < -0.3 is 20.3 Å². The molecule has 3 aromatic rings. The lowest BCUT2D eigenvalue weighted by molar-refractivity contribution is 0.0991. The fourth-order valence-electron chi connectivity index (χ4n) is 6.06. The predicted octanol–water partition coefficient (Wildman–Crippen LogP) is 5.11. The number of methoxy groups -OCH3 is 1. The Balaban J connectivity index is 1.51. The van der Waals surface area contributed by atoms with E-state index in [4.69, 9.17) is 17.0 Å². The fourth-order valence-corrected chi connectivity index (χ4v) is 6.39. The Bertz CT molecular complexity index is 1290. The average Bonchev–Trinajstić information content (AvgIpc) is 3.43. The zero-order valence-corrected chi connectivity index (χ0v) is 21.2. The number of fused-ring (bicyclic) bond motifs is 3. The van der Waals surface area contributed by atoms with E-state index in [2.05, 4.69) is 5.32 Å². The van der Waals surface area contributed by atoms with Crippen molar-refractivity contribution in [1.29, 1.82) is 0 Å². The average molecular weight is 521 g/mol. The van der Waals surface area contributed by atoms with E-state index in [9.17, 15) is 15.0 Å². The number of ether oxygens (including phenoxy) is 1. The van der Waals surface area contributed by atoms with Gasteiger partial charge in [0.1, 0.15) is 5.82 Å². The number of hydrogen-bond acceptors (Lipinski definition) is 4. The molecular weight excluding hydrogens is 491 g/mol. The highest BCUT2D eigenvalue weighted by molar-refractivity contribution is 7.80. The third kappa shape index (κ3) is 4.39. The number of amides is 1. The second-order valence-corrected chi connectivity index (χ2v) is 10.1. The molecule has 0 saturated heterocycles. The Morgan fingerprint density at radius 3 is 2.24 bits per heavy atom. The van der Waals surface area contributed by atoms with Gasteiger partial charge in [-0.3, -0.25) is 4.90 Å². The standard InChI is InChI=1S/C29H29FN2O4S/c1-36-19-14-18(17-33)29(15-19,25-12-6-7-13-26(25)30)31-27(37)32(28(34)35)16-24-22-10-4-2-8-20(22)21-9-3-5-11-23(21)24/h2-13,18-19,24,33H,14-17H2,1H3,(H,31,37)(H,34,35)/t18-,19-,29-/m0/s1. The van der Waals surface area contributed by atoms with Gasteiger partial charge in [0.2, 0.25) is 0 Å². The number of benzene rings is 3. The summed E-state index contributed by atoms with van der Waals surface area (Å²) in [7, 11) is 1.58. The zero-order valence-electron chi connectivity index (χ0n) is 20.4. The molecule has 8 heteroatoms. The van der Waals surface area contributed by atoms with Crippen LogP contribution in [0.5, 0.6) is 0 Å². The smallest absolute Gasteiger partial charge is 0.413 e. The highest BCUT2D eigenvalue weighted by Gasteiger charge is 2.51. The Morgan fingerprint density at radius 2 is 1.68 bits per heavy atom. The van der Waals surface area contributed by atoms with Crippen LogP contribution in [-0.2, 0) is 10.3 Å². The molecule has 3 atom stereocenters. The topological polar surface area (TPSA) is 82.0 Å². The molecule has 0 aliphatic heterocycles. The molecule has 6 nitrogen and oxygen atoms in total. The van der Waals surface area contributed by atoms with Crippen LogP contribution in [0.1, 0.15) is 35.4 Å². The van der Waals surface area contributed by atoms with E-state index >= 15 is 4.39 Å². The quantitative estimate of drug-likeness (QED) is 0.392. The second kappa shape index (κ2) is 10.2. The van der Waals surface area contributed by atoms with Crippen molar-refractivity contribution >= 4 is 23.4 Å². The molecule has 0 heterocycles. The molecule has 0 spiro atoms. The molecule has 2 aliphatic rings. The van der Waals surface area contributed by atoms with E-state index in [1.807, 2.05) is 48.5 Å². The summed E-state index contributed by atoms with van der Waals surface area (Å²) in [6, 6.07) is 22.3. The normalized spacial score (nSPS) is 22.4. The summed E-state index contributed by atoms with van der Waals surface area (Å²) in [5.41, 5.74) is 3.43. The maximum Gasteiger partial charge on any atom is 0.413 e. The van der Waals surface area contributed by atoms with Crippen LogP contribution in [0.15, 0.2) is 72.8 Å². The Labute approximate surface area is 220 Å². The summed E-state index contributed by atoms with van der Waals surface area (Å²) in [6.07, 6.45) is -0.644. The number of aliphatic hydroxyl groups is 1. The van der Waals surface area contributed by atoms with Gasteiger partial charge in [0.15, 0.2) is 5.11 Å². The largest absolute Gasteiger partial charge is 0.465 e. The van der Waals surface area contributed by atoms with E-state index < -0.39 is 23.4 Å². The molecule has 1 amide bonds. The van der Waals surface area contributed by atoms with Crippen LogP contribution < -0.4 is 5.32 Å².